The number of hydrogen-bond donors (Lipinski definition) is 1. The second kappa shape index (κ2) is 4.52. The fourth-order valence-corrected chi connectivity index (χ4v) is 2.91. The summed E-state index contributed by atoms with van der Waals surface area (Å²) in [6.07, 6.45) is 0. The zero-order chi connectivity index (χ0) is 12.5. The third-order valence-corrected chi connectivity index (χ3v) is 4.09. The Labute approximate surface area is 110 Å². The maximum atomic E-state index is 6.27. The normalized spacial score (nSPS) is 12.8. The van der Waals surface area contributed by atoms with Crippen LogP contribution in [-0.4, -0.2) is 4.98 Å². The summed E-state index contributed by atoms with van der Waals surface area (Å²) in [7, 11) is 0. The van der Waals surface area contributed by atoms with Crippen LogP contribution in [0.1, 0.15) is 21.5 Å². The number of nitrogens with two attached hydrogens (primary N) is 1. The number of aryl methyl sites for hydroxylation is 1. The Kier molecular flexibility index (Phi) is 2.86. The Bertz CT molecular complexity index is 688. The Hall–Kier alpha value is -1.71. The van der Waals surface area contributed by atoms with Gasteiger partial charge in [0, 0.05) is 15.1 Å². The zero-order valence-corrected chi connectivity index (χ0v) is 10.9. The van der Waals surface area contributed by atoms with Gasteiger partial charge in [-0.3, -0.25) is 4.98 Å². The fourth-order valence-electron chi connectivity index (χ4n) is 2.02. The number of pyridine rings is 1. The molecule has 2 N–H and O–H groups in total. The molecule has 1 aromatic carbocycles. The van der Waals surface area contributed by atoms with Crippen molar-refractivity contribution in [2.24, 2.45) is 5.73 Å². The summed E-state index contributed by atoms with van der Waals surface area (Å²) >= 11 is 1.73. The van der Waals surface area contributed by atoms with E-state index in [1.807, 2.05) is 24.3 Å². The smallest absolute Gasteiger partial charge is 0.0820 e. The van der Waals surface area contributed by atoms with Gasteiger partial charge in [-0.2, -0.15) is 0 Å². The zero-order valence-electron chi connectivity index (χ0n) is 10.1. The van der Waals surface area contributed by atoms with Crippen molar-refractivity contribution < 1.29 is 0 Å². The summed E-state index contributed by atoms with van der Waals surface area (Å²) in [6, 6.07) is 16.3. The van der Waals surface area contributed by atoms with E-state index in [0.717, 1.165) is 21.5 Å². The number of rotatable bonds is 2. The number of para-hydroxylation sites is 1. The highest BCUT2D eigenvalue weighted by atomic mass is 32.1. The van der Waals surface area contributed by atoms with Gasteiger partial charge >= 0.3 is 0 Å². The summed E-state index contributed by atoms with van der Waals surface area (Å²) in [6.45, 7) is 2.09. The molecule has 2 aromatic heterocycles. The van der Waals surface area contributed by atoms with Gasteiger partial charge in [-0.25, -0.2) is 0 Å². The number of benzene rings is 1. The second-order valence-corrected chi connectivity index (χ2v) is 5.67. The molecule has 0 saturated heterocycles. The lowest BCUT2D eigenvalue weighted by Gasteiger charge is -2.09. The molecule has 0 spiro atoms. The van der Waals surface area contributed by atoms with Crippen LogP contribution >= 0.6 is 11.3 Å². The molecule has 90 valence electrons. The third kappa shape index (κ3) is 2.03. The molecule has 1 atom stereocenters. The highest BCUT2D eigenvalue weighted by Gasteiger charge is 2.12. The maximum Gasteiger partial charge on any atom is 0.0820 e. The van der Waals surface area contributed by atoms with Crippen molar-refractivity contribution in [3.8, 4) is 0 Å². The SMILES string of the molecule is Cc1ccc(C(N)c2ccc3ccccc3n2)s1. The molecule has 0 saturated carbocycles. The van der Waals surface area contributed by atoms with E-state index in [2.05, 4.69) is 36.2 Å². The van der Waals surface area contributed by atoms with Crippen molar-refractivity contribution in [1.29, 1.82) is 0 Å². The van der Waals surface area contributed by atoms with Crippen molar-refractivity contribution >= 4 is 22.2 Å². The molecule has 0 aliphatic heterocycles. The van der Waals surface area contributed by atoms with Gasteiger partial charge in [0.25, 0.3) is 0 Å². The molecule has 1 unspecified atom stereocenters. The minimum Gasteiger partial charge on any atom is -0.318 e. The molecule has 0 fully saturated rings. The predicted molar refractivity (Wildman–Crippen MR) is 76.8 cm³/mol. The molecule has 2 nitrogen and oxygen atoms in total. The van der Waals surface area contributed by atoms with E-state index in [-0.39, 0.29) is 6.04 Å². The molecule has 3 rings (SSSR count). The largest absolute Gasteiger partial charge is 0.318 e. The van der Waals surface area contributed by atoms with E-state index in [1.165, 1.54) is 4.88 Å². The van der Waals surface area contributed by atoms with E-state index in [1.54, 1.807) is 11.3 Å². The quantitative estimate of drug-likeness (QED) is 0.758. The highest BCUT2D eigenvalue weighted by Crippen LogP contribution is 2.26. The molecular formula is C15H14N2S. The van der Waals surface area contributed by atoms with E-state index in [0.29, 0.717) is 0 Å². The van der Waals surface area contributed by atoms with Crippen LogP contribution < -0.4 is 5.73 Å². The van der Waals surface area contributed by atoms with Crippen molar-refractivity contribution in [2.75, 3.05) is 0 Å². The van der Waals surface area contributed by atoms with E-state index < -0.39 is 0 Å². The van der Waals surface area contributed by atoms with Crippen LogP contribution in [0.4, 0.5) is 0 Å². The number of fused-ring (bicyclic) bond motifs is 1. The lowest BCUT2D eigenvalue weighted by Crippen LogP contribution is -2.11. The van der Waals surface area contributed by atoms with Gasteiger partial charge in [0.15, 0.2) is 0 Å². The van der Waals surface area contributed by atoms with Gasteiger partial charge in [0.1, 0.15) is 0 Å². The Morgan fingerprint density at radius 2 is 1.89 bits per heavy atom. The van der Waals surface area contributed by atoms with Gasteiger partial charge in [0.2, 0.25) is 0 Å². The number of thiophene rings is 1. The van der Waals surface area contributed by atoms with Crippen LogP contribution in [0.25, 0.3) is 10.9 Å². The number of nitrogens with zero attached hydrogens (tertiary/aromatic N) is 1. The van der Waals surface area contributed by atoms with Crippen LogP contribution in [0.2, 0.25) is 0 Å². The standard InChI is InChI=1S/C15H14N2S/c1-10-6-9-14(18-10)15(16)13-8-7-11-4-2-3-5-12(11)17-13/h2-9,15H,16H2,1H3. The molecule has 0 aliphatic carbocycles. The first kappa shape index (κ1) is 11.4. The molecule has 2 heterocycles. The lowest BCUT2D eigenvalue weighted by atomic mass is 10.1. The van der Waals surface area contributed by atoms with Crippen molar-refractivity contribution in [3.63, 3.8) is 0 Å². The maximum absolute atomic E-state index is 6.27. The van der Waals surface area contributed by atoms with Gasteiger partial charge < -0.3 is 5.73 Å². The van der Waals surface area contributed by atoms with Gasteiger partial charge in [-0.1, -0.05) is 24.3 Å². The average Bonchev–Trinajstić information content (AvgIpc) is 2.84. The summed E-state index contributed by atoms with van der Waals surface area (Å²) in [5.74, 6) is 0. The average molecular weight is 254 g/mol. The molecule has 0 radical (unpaired) electrons. The third-order valence-electron chi connectivity index (χ3n) is 3.01. The molecular weight excluding hydrogens is 240 g/mol. The molecule has 18 heavy (non-hydrogen) atoms. The van der Waals surface area contributed by atoms with Crippen LogP contribution in [0, 0.1) is 6.92 Å². The first-order valence-corrected chi connectivity index (χ1v) is 6.73. The van der Waals surface area contributed by atoms with Gasteiger partial charge in [-0.05, 0) is 31.2 Å². The number of hydrogen-bond acceptors (Lipinski definition) is 3. The van der Waals surface area contributed by atoms with Crippen LogP contribution in [0.15, 0.2) is 48.5 Å². The molecule has 0 bridgehead atoms. The summed E-state index contributed by atoms with van der Waals surface area (Å²) in [5.41, 5.74) is 8.19. The minimum atomic E-state index is -0.131. The van der Waals surface area contributed by atoms with E-state index in [4.69, 9.17) is 5.73 Å². The first-order chi connectivity index (χ1) is 8.74. The minimum absolute atomic E-state index is 0.131. The topological polar surface area (TPSA) is 38.9 Å². The van der Waals surface area contributed by atoms with Crippen LogP contribution in [-0.2, 0) is 0 Å². The predicted octanol–water partition coefficient (Wildman–Crippen LogP) is 3.65. The van der Waals surface area contributed by atoms with Crippen LogP contribution in [0.3, 0.4) is 0 Å². The monoisotopic (exact) mass is 254 g/mol. The molecule has 3 aromatic rings. The summed E-state index contributed by atoms with van der Waals surface area (Å²) < 4.78 is 0. The Morgan fingerprint density at radius 1 is 1.06 bits per heavy atom. The van der Waals surface area contributed by atoms with E-state index in [9.17, 15) is 0 Å². The Morgan fingerprint density at radius 3 is 2.67 bits per heavy atom. The first-order valence-electron chi connectivity index (χ1n) is 5.91. The molecule has 3 heteroatoms. The van der Waals surface area contributed by atoms with Crippen molar-refractivity contribution in [3.05, 3.63) is 64.0 Å². The fraction of sp³-hybridized carbons (Fsp3) is 0.133. The van der Waals surface area contributed by atoms with Gasteiger partial charge in [-0.15, -0.1) is 11.3 Å². The lowest BCUT2D eigenvalue weighted by molar-refractivity contribution is 0.855. The van der Waals surface area contributed by atoms with Gasteiger partial charge in [0.05, 0.1) is 17.3 Å². The van der Waals surface area contributed by atoms with Crippen molar-refractivity contribution in [1.82, 2.24) is 4.98 Å². The Balaban J connectivity index is 2.03. The van der Waals surface area contributed by atoms with Crippen molar-refractivity contribution in [2.45, 2.75) is 13.0 Å². The summed E-state index contributed by atoms with van der Waals surface area (Å²) in [4.78, 5) is 7.08. The second-order valence-electron chi connectivity index (χ2n) is 4.35. The highest BCUT2D eigenvalue weighted by molar-refractivity contribution is 7.12. The molecule has 0 amide bonds. The summed E-state index contributed by atoms with van der Waals surface area (Å²) in [5, 5.41) is 1.15. The molecule has 0 aliphatic rings. The van der Waals surface area contributed by atoms with E-state index >= 15 is 0 Å². The number of aromatic nitrogens is 1. The van der Waals surface area contributed by atoms with Crippen LogP contribution in [0.5, 0.6) is 0 Å².